The minimum absolute atomic E-state index is 0.544. The van der Waals surface area contributed by atoms with Gasteiger partial charge < -0.3 is 5.32 Å². The number of nitrogens with zero attached hydrogens (tertiary/aromatic N) is 2. The summed E-state index contributed by atoms with van der Waals surface area (Å²) in [5.74, 6) is 1.74. The molecule has 0 fully saturated rings. The Morgan fingerprint density at radius 1 is 1.47 bits per heavy atom. The minimum Gasteiger partial charge on any atom is -0.316 e. The van der Waals surface area contributed by atoms with Crippen LogP contribution in [0.2, 0.25) is 0 Å². The van der Waals surface area contributed by atoms with E-state index in [1.807, 2.05) is 13.2 Å². The quantitative estimate of drug-likeness (QED) is 0.753. The maximum atomic E-state index is 4.24. The van der Waals surface area contributed by atoms with E-state index in [0.717, 1.165) is 10.8 Å². The highest BCUT2D eigenvalue weighted by molar-refractivity contribution is 7.99. The number of hydrogen-bond acceptors (Lipinski definition) is 4. The van der Waals surface area contributed by atoms with Crippen LogP contribution in [0.4, 0.5) is 0 Å². The Balaban J connectivity index is 2.41. The lowest BCUT2D eigenvalue weighted by Gasteiger charge is -2.21. The lowest BCUT2D eigenvalue weighted by molar-refractivity contribution is 0.420. The number of hydrogen-bond donors (Lipinski definition) is 1. The molecular weight excluding hydrogens is 206 g/mol. The molecule has 1 rings (SSSR count). The molecule has 3 nitrogen and oxygen atoms in total. The van der Waals surface area contributed by atoms with Gasteiger partial charge in [-0.1, -0.05) is 20.3 Å². The predicted molar refractivity (Wildman–Crippen MR) is 65.1 cm³/mol. The summed E-state index contributed by atoms with van der Waals surface area (Å²) in [6.07, 6.45) is 6.45. The van der Waals surface area contributed by atoms with Gasteiger partial charge in [0.15, 0.2) is 0 Å². The van der Waals surface area contributed by atoms with Crippen LogP contribution in [0.1, 0.15) is 20.3 Å². The highest BCUT2D eigenvalue weighted by Gasteiger charge is 2.13. The van der Waals surface area contributed by atoms with Gasteiger partial charge in [-0.15, -0.1) is 11.8 Å². The Hall–Kier alpha value is -0.610. The normalized spacial score (nSPS) is 14.9. The molecule has 1 heterocycles. The molecule has 15 heavy (non-hydrogen) atoms. The van der Waals surface area contributed by atoms with Gasteiger partial charge in [0.25, 0.3) is 0 Å². The van der Waals surface area contributed by atoms with E-state index in [0.29, 0.717) is 12.0 Å². The molecule has 0 aliphatic rings. The average Bonchev–Trinajstić information content (AvgIpc) is 2.31. The van der Waals surface area contributed by atoms with Crippen LogP contribution in [0, 0.1) is 5.92 Å². The molecule has 2 atom stereocenters. The third-order valence-electron chi connectivity index (χ3n) is 2.65. The molecule has 1 N–H and O–H groups in total. The van der Waals surface area contributed by atoms with E-state index in [9.17, 15) is 0 Å². The largest absolute Gasteiger partial charge is 0.316 e. The molecule has 0 radical (unpaired) electrons. The maximum absolute atomic E-state index is 4.24. The molecule has 0 spiro atoms. The Morgan fingerprint density at radius 3 is 2.80 bits per heavy atom. The standard InChI is InChI=1S/C11H19N3S/c1-4-9(2)10(12-3)8-15-11-7-13-5-6-14-11/h5-7,9-10,12H,4,8H2,1-3H3. The Kier molecular flexibility index (Phi) is 5.65. The van der Waals surface area contributed by atoms with Gasteiger partial charge in [-0.3, -0.25) is 4.98 Å². The number of thioether (sulfide) groups is 1. The molecule has 1 aromatic heterocycles. The first-order valence-electron chi connectivity index (χ1n) is 5.34. The van der Waals surface area contributed by atoms with Gasteiger partial charge in [0.05, 0.1) is 6.20 Å². The van der Waals surface area contributed by atoms with Crippen LogP contribution >= 0.6 is 11.8 Å². The van der Waals surface area contributed by atoms with Gasteiger partial charge in [-0.05, 0) is 13.0 Å². The molecule has 0 aliphatic heterocycles. The zero-order valence-electron chi connectivity index (χ0n) is 9.60. The SMILES string of the molecule is CCC(C)C(CSc1cnccn1)NC. The van der Waals surface area contributed by atoms with Crippen LogP contribution in [-0.4, -0.2) is 28.8 Å². The summed E-state index contributed by atoms with van der Waals surface area (Å²) in [5, 5.41) is 4.35. The minimum atomic E-state index is 0.544. The summed E-state index contributed by atoms with van der Waals surface area (Å²) >= 11 is 1.76. The van der Waals surface area contributed by atoms with Crippen molar-refractivity contribution >= 4 is 11.8 Å². The first-order valence-corrected chi connectivity index (χ1v) is 6.32. The smallest absolute Gasteiger partial charge is 0.114 e. The molecule has 2 unspecified atom stereocenters. The van der Waals surface area contributed by atoms with Crippen molar-refractivity contribution in [2.75, 3.05) is 12.8 Å². The van der Waals surface area contributed by atoms with E-state index in [1.54, 1.807) is 24.2 Å². The van der Waals surface area contributed by atoms with Crippen molar-refractivity contribution in [2.45, 2.75) is 31.3 Å². The Labute approximate surface area is 96.1 Å². The Bertz CT molecular complexity index is 266. The highest BCUT2D eigenvalue weighted by Crippen LogP contribution is 2.18. The summed E-state index contributed by atoms with van der Waals surface area (Å²) in [4.78, 5) is 8.29. The van der Waals surface area contributed by atoms with Crippen molar-refractivity contribution in [3.05, 3.63) is 18.6 Å². The van der Waals surface area contributed by atoms with Crippen LogP contribution in [-0.2, 0) is 0 Å². The first-order chi connectivity index (χ1) is 7.27. The lowest BCUT2D eigenvalue weighted by atomic mass is 10.0. The third kappa shape index (κ3) is 4.18. The number of aromatic nitrogens is 2. The van der Waals surface area contributed by atoms with Crippen LogP contribution < -0.4 is 5.32 Å². The predicted octanol–water partition coefficient (Wildman–Crippen LogP) is 2.20. The van der Waals surface area contributed by atoms with E-state index in [4.69, 9.17) is 0 Å². The Morgan fingerprint density at radius 2 is 2.27 bits per heavy atom. The molecule has 84 valence electrons. The van der Waals surface area contributed by atoms with Gasteiger partial charge in [-0.25, -0.2) is 4.98 Å². The van der Waals surface area contributed by atoms with E-state index >= 15 is 0 Å². The molecular formula is C11H19N3S. The monoisotopic (exact) mass is 225 g/mol. The van der Waals surface area contributed by atoms with E-state index in [2.05, 4.69) is 29.1 Å². The average molecular weight is 225 g/mol. The molecule has 0 saturated carbocycles. The van der Waals surface area contributed by atoms with Crippen molar-refractivity contribution < 1.29 is 0 Å². The van der Waals surface area contributed by atoms with E-state index < -0.39 is 0 Å². The second-order valence-electron chi connectivity index (χ2n) is 3.64. The third-order valence-corrected chi connectivity index (χ3v) is 3.68. The zero-order chi connectivity index (χ0) is 11.1. The van der Waals surface area contributed by atoms with Crippen molar-refractivity contribution in [1.29, 1.82) is 0 Å². The summed E-state index contributed by atoms with van der Waals surface area (Å²) in [6.45, 7) is 4.50. The number of rotatable bonds is 6. The van der Waals surface area contributed by atoms with Crippen molar-refractivity contribution in [3.8, 4) is 0 Å². The zero-order valence-corrected chi connectivity index (χ0v) is 10.4. The topological polar surface area (TPSA) is 37.8 Å². The van der Waals surface area contributed by atoms with Gasteiger partial charge >= 0.3 is 0 Å². The van der Waals surface area contributed by atoms with Gasteiger partial charge in [-0.2, -0.15) is 0 Å². The molecule has 4 heteroatoms. The summed E-state index contributed by atoms with van der Waals surface area (Å²) in [5.41, 5.74) is 0. The van der Waals surface area contributed by atoms with E-state index in [-0.39, 0.29) is 0 Å². The van der Waals surface area contributed by atoms with Crippen molar-refractivity contribution in [2.24, 2.45) is 5.92 Å². The summed E-state index contributed by atoms with van der Waals surface area (Å²) in [6, 6.07) is 0.544. The lowest BCUT2D eigenvalue weighted by Crippen LogP contribution is -2.34. The maximum Gasteiger partial charge on any atom is 0.114 e. The molecule has 0 aliphatic carbocycles. The van der Waals surface area contributed by atoms with Crippen molar-refractivity contribution in [1.82, 2.24) is 15.3 Å². The van der Waals surface area contributed by atoms with Gasteiger partial charge in [0.1, 0.15) is 5.03 Å². The van der Waals surface area contributed by atoms with Gasteiger partial charge in [0, 0.05) is 24.2 Å². The molecule has 0 amide bonds. The van der Waals surface area contributed by atoms with Crippen molar-refractivity contribution in [3.63, 3.8) is 0 Å². The van der Waals surface area contributed by atoms with Crippen LogP contribution in [0.5, 0.6) is 0 Å². The molecule has 0 bridgehead atoms. The second-order valence-corrected chi connectivity index (χ2v) is 4.68. The highest BCUT2D eigenvalue weighted by atomic mass is 32.2. The first kappa shape index (κ1) is 12.5. The molecule has 1 aromatic rings. The number of nitrogens with one attached hydrogen (secondary N) is 1. The fraction of sp³-hybridized carbons (Fsp3) is 0.636. The fourth-order valence-corrected chi connectivity index (χ4v) is 2.47. The van der Waals surface area contributed by atoms with Gasteiger partial charge in [0.2, 0.25) is 0 Å². The second kappa shape index (κ2) is 6.80. The fourth-order valence-electron chi connectivity index (χ4n) is 1.35. The molecule has 0 saturated heterocycles. The van der Waals surface area contributed by atoms with E-state index in [1.165, 1.54) is 6.42 Å². The summed E-state index contributed by atoms with van der Waals surface area (Å²) < 4.78 is 0. The molecule has 0 aromatic carbocycles. The van der Waals surface area contributed by atoms with Crippen LogP contribution in [0.3, 0.4) is 0 Å². The van der Waals surface area contributed by atoms with Crippen LogP contribution in [0.15, 0.2) is 23.6 Å². The van der Waals surface area contributed by atoms with Crippen LogP contribution in [0.25, 0.3) is 0 Å². The summed E-state index contributed by atoms with van der Waals surface area (Å²) in [7, 11) is 2.02.